The molecule has 2 aliphatic rings. The molecule has 0 spiro atoms. The fourth-order valence-corrected chi connectivity index (χ4v) is 9.97. The first-order valence-corrected chi connectivity index (χ1v) is 21.8. The van der Waals surface area contributed by atoms with Crippen molar-refractivity contribution in [3.8, 4) is 56.3 Å². The lowest BCUT2D eigenvalue weighted by Crippen LogP contribution is -2.14. The Hall–Kier alpha value is -7.00. The summed E-state index contributed by atoms with van der Waals surface area (Å²) in [6, 6.07) is 30.6. The molecule has 9 rings (SSSR count). The average molecular weight is 824 g/mol. The highest BCUT2D eigenvalue weighted by molar-refractivity contribution is 6.01. The third-order valence-corrected chi connectivity index (χ3v) is 12.2. The number of nitrogens with zero attached hydrogens (tertiary/aromatic N) is 2. The second-order valence-corrected chi connectivity index (χ2v) is 18.2. The fraction of sp³-hybridized carbons (Fsp3) is 0.207. The summed E-state index contributed by atoms with van der Waals surface area (Å²) in [5.41, 5.74) is 26.7. The normalized spacial score (nSPS) is 12.2. The summed E-state index contributed by atoms with van der Waals surface area (Å²) >= 11 is 0. The molecule has 63 heavy (non-hydrogen) atoms. The largest absolute Gasteiger partial charge is 0.378 e. The molecule has 2 aliphatic heterocycles. The Morgan fingerprint density at radius 3 is 1.08 bits per heavy atom. The van der Waals surface area contributed by atoms with E-state index in [0.717, 1.165) is 83.8 Å². The van der Waals surface area contributed by atoms with Gasteiger partial charge in [0.25, 0.3) is 0 Å². The van der Waals surface area contributed by atoms with Crippen LogP contribution < -0.4 is 0 Å². The number of aliphatic hydroxyl groups is 1. The van der Waals surface area contributed by atoms with E-state index in [1.165, 1.54) is 61.2 Å². The molecule has 0 amide bonds. The Labute approximate surface area is 371 Å². The number of aromatic amines is 2. The minimum atomic E-state index is -1.09. The Balaban J connectivity index is 1.48. The maximum absolute atomic E-state index is 10.3. The average Bonchev–Trinajstić information content (AvgIpc) is 4.04. The van der Waals surface area contributed by atoms with E-state index in [-0.39, 0.29) is 0 Å². The quantitative estimate of drug-likeness (QED) is 0.155. The predicted octanol–water partition coefficient (Wildman–Crippen LogP) is 14.2. The summed E-state index contributed by atoms with van der Waals surface area (Å²) in [4.78, 5) is 19.1. The van der Waals surface area contributed by atoms with Gasteiger partial charge in [-0.25, -0.2) is 9.97 Å². The Morgan fingerprint density at radius 2 is 0.730 bits per heavy atom. The van der Waals surface area contributed by atoms with Gasteiger partial charge in [-0.1, -0.05) is 77.1 Å². The third kappa shape index (κ3) is 7.77. The van der Waals surface area contributed by atoms with Crippen LogP contribution in [0.1, 0.15) is 92.3 Å². The molecule has 5 heteroatoms. The van der Waals surface area contributed by atoms with Crippen LogP contribution in [0.25, 0.3) is 90.9 Å². The van der Waals surface area contributed by atoms with E-state index in [9.17, 15) is 5.11 Å². The van der Waals surface area contributed by atoms with Crippen molar-refractivity contribution in [2.45, 2.75) is 81.8 Å². The predicted molar refractivity (Wildman–Crippen MR) is 266 cm³/mol. The molecule has 0 saturated carbocycles. The number of rotatable bonds is 4. The van der Waals surface area contributed by atoms with Crippen molar-refractivity contribution < 1.29 is 5.11 Å². The zero-order valence-electron chi connectivity index (χ0n) is 38.2. The fourth-order valence-electron chi connectivity index (χ4n) is 9.97. The van der Waals surface area contributed by atoms with E-state index in [1.807, 2.05) is 12.1 Å². The molecule has 4 aromatic carbocycles. The Morgan fingerprint density at radius 1 is 0.413 bits per heavy atom. The van der Waals surface area contributed by atoms with Gasteiger partial charge in [-0.3, -0.25) is 0 Å². The molecule has 7 aromatic rings. The van der Waals surface area contributed by atoms with Crippen LogP contribution in [0, 0.1) is 74.2 Å². The minimum Gasteiger partial charge on any atom is -0.378 e. The lowest BCUT2D eigenvalue weighted by molar-refractivity contribution is 0.143. The van der Waals surface area contributed by atoms with Crippen LogP contribution in [-0.2, 0) is 0 Å². The van der Waals surface area contributed by atoms with Crippen LogP contribution in [0.2, 0.25) is 0 Å². The van der Waals surface area contributed by atoms with E-state index in [1.54, 1.807) is 13.8 Å². The monoisotopic (exact) mass is 823 g/mol. The first-order chi connectivity index (χ1) is 30.0. The van der Waals surface area contributed by atoms with Gasteiger partial charge in [0.2, 0.25) is 0 Å². The summed E-state index contributed by atoms with van der Waals surface area (Å²) < 4.78 is 0. The van der Waals surface area contributed by atoms with E-state index in [2.05, 4.69) is 181 Å². The second-order valence-electron chi connectivity index (χ2n) is 18.2. The summed E-state index contributed by atoms with van der Waals surface area (Å²) in [6.07, 6.45) is 8.70. The minimum absolute atomic E-state index is 0.833. The van der Waals surface area contributed by atoms with E-state index >= 15 is 0 Å². The summed E-state index contributed by atoms with van der Waals surface area (Å²) in [6.45, 7) is 23.1. The van der Waals surface area contributed by atoms with Gasteiger partial charge in [0.05, 0.1) is 22.8 Å². The number of aryl methyl sites for hydroxylation is 9. The van der Waals surface area contributed by atoms with Crippen molar-refractivity contribution in [2.75, 3.05) is 0 Å². The highest BCUT2D eigenvalue weighted by atomic mass is 16.3. The summed E-state index contributed by atoms with van der Waals surface area (Å²) in [5, 5.41) is 10.3. The molecule has 5 nitrogen and oxygen atoms in total. The van der Waals surface area contributed by atoms with Gasteiger partial charge in [0.1, 0.15) is 5.60 Å². The molecule has 0 fully saturated rings. The van der Waals surface area contributed by atoms with Crippen molar-refractivity contribution in [3.05, 3.63) is 163 Å². The van der Waals surface area contributed by atoms with Crippen LogP contribution in [-0.4, -0.2) is 30.6 Å². The van der Waals surface area contributed by atoms with Crippen molar-refractivity contribution >= 4 is 46.4 Å². The van der Waals surface area contributed by atoms with Gasteiger partial charge in [-0.05, 0) is 192 Å². The van der Waals surface area contributed by atoms with Crippen LogP contribution in [0.5, 0.6) is 0 Å². The molecule has 0 saturated heterocycles. The topological polar surface area (TPSA) is 77.6 Å². The van der Waals surface area contributed by atoms with E-state index < -0.39 is 5.60 Å². The second kappa shape index (κ2) is 15.7. The first kappa shape index (κ1) is 41.4. The van der Waals surface area contributed by atoms with Crippen LogP contribution in [0.15, 0.2) is 84.9 Å². The highest BCUT2D eigenvalue weighted by Crippen LogP contribution is 2.42. The van der Waals surface area contributed by atoms with Gasteiger partial charge >= 0.3 is 0 Å². The number of hydrogen-bond donors (Lipinski definition) is 3. The van der Waals surface area contributed by atoms with Crippen LogP contribution >= 0.6 is 0 Å². The van der Waals surface area contributed by atoms with Crippen LogP contribution in [0.3, 0.4) is 0 Å². The molecule has 0 unspecified atom stereocenters. The molecule has 5 heterocycles. The summed E-state index contributed by atoms with van der Waals surface area (Å²) in [5.74, 6) is 6.11. The molecular weight excluding hydrogens is 770 g/mol. The third-order valence-electron chi connectivity index (χ3n) is 12.2. The smallest absolute Gasteiger partial charge is 0.120 e. The van der Waals surface area contributed by atoms with Crippen molar-refractivity contribution in [2.24, 2.45) is 0 Å². The molecule has 0 atom stereocenters. The number of nitrogens with one attached hydrogen (secondary N) is 2. The standard InChI is InChI=1S/C58H54N4O/c1-32-26-35(4)51(36(5)27-32)55-45-18-16-43(59-45)54(42-14-12-41(13-15-42)24-25-58(10,11)63)44-17-19-46(60-44)56(52-37(6)28-33(2)29-38(52)7)48-21-23-50(62-48)57(49-22-20-47(55)61-49)53-39(8)30-34(3)31-40(53)9/h12-23,26-31,59-60,63H,1-11H3/i54+1. The molecule has 312 valence electrons. The highest BCUT2D eigenvalue weighted by Gasteiger charge is 2.23. The molecular formula is C58H54N4O. The lowest BCUT2D eigenvalue weighted by Gasteiger charge is -2.14. The van der Waals surface area contributed by atoms with E-state index in [4.69, 9.17) is 9.97 Å². The maximum Gasteiger partial charge on any atom is 0.120 e. The Bertz CT molecular complexity index is 3120. The van der Waals surface area contributed by atoms with Gasteiger partial charge in [0, 0.05) is 49.9 Å². The lowest BCUT2D eigenvalue weighted by atomic mass is 9.92. The summed E-state index contributed by atoms with van der Waals surface area (Å²) in [7, 11) is 0. The number of H-pyrrole nitrogens is 2. The first-order valence-electron chi connectivity index (χ1n) is 21.8. The van der Waals surface area contributed by atoms with Crippen molar-refractivity contribution in [3.63, 3.8) is 0 Å². The molecule has 3 N–H and O–H groups in total. The van der Waals surface area contributed by atoms with Crippen molar-refractivity contribution in [1.29, 1.82) is 0 Å². The Kier molecular flexibility index (Phi) is 10.3. The molecule has 8 bridgehead atoms. The number of benzene rings is 4. The molecule has 0 aliphatic carbocycles. The maximum atomic E-state index is 10.3. The zero-order valence-corrected chi connectivity index (χ0v) is 38.2. The van der Waals surface area contributed by atoms with Gasteiger partial charge < -0.3 is 15.1 Å². The van der Waals surface area contributed by atoms with Crippen LogP contribution in [0.4, 0.5) is 0 Å². The van der Waals surface area contributed by atoms with Crippen molar-refractivity contribution in [1.82, 2.24) is 19.9 Å². The van der Waals surface area contributed by atoms with Gasteiger partial charge in [-0.15, -0.1) is 0 Å². The number of fused-ring (bicyclic) bond motifs is 8. The molecule has 0 radical (unpaired) electrons. The van der Waals surface area contributed by atoms with E-state index in [0.29, 0.717) is 0 Å². The molecule has 3 aromatic heterocycles. The van der Waals surface area contributed by atoms with Gasteiger partial charge in [0.15, 0.2) is 0 Å². The zero-order chi connectivity index (χ0) is 44.5. The number of hydrogen-bond acceptors (Lipinski definition) is 3. The SMILES string of the molecule is Cc1cc(C)c(-c2c3nc(c(-c4c(C)cc(C)cc4C)c4ccc([nH]4)[13c](-c4ccc(C#CC(C)(C)O)cc4)c4ccc([nH]4)c(-c4c(C)cc(C)cc4C)c4nc2C=C4)C=C3)c(C)c1. The van der Waals surface area contributed by atoms with Gasteiger partial charge in [-0.2, -0.15) is 0 Å². The number of aromatic nitrogens is 4.